The molecule has 1 aliphatic heterocycles. The van der Waals surface area contributed by atoms with E-state index < -0.39 is 0 Å². The van der Waals surface area contributed by atoms with Crippen LogP contribution in [0, 0.1) is 6.92 Å². The zero-order valence-corrected chi connectivity index (χ0v) is 20.4. The second-order valence-electron chi connectivity index (χ2n) is 7.45. The van der Waals surface area contributed by atoms with Gasteiger partial charge >= 0.3 is 0 Å². The summed E-state index contributed by atoms with van der Waals surface area (Å²) in [5.41, 5.74) is 2.15. The summed E-state index contributed by atoms with van der Waals surface area (Å²) in [7, 11) is 0. The van der Waals surface area contributed by atoms with E-state index in [0.717, 1.165) is 30.6 Å². The number of benzene rings is 2. The van der Waals surface area contributed by atoms with E-state index in [1.807, 2.05) is 35.8 Å². The van der Waals surface area contributed by atoms with Crippen LogP contribution < -0.4 is 5.32 Å². The molecule has 32 heavy (non-hydrogen) atoms. The lowest BCUT2D eigenvalue weighted by Crippen LogP contribution is -2.18. The lowest BCUT2D eigenvalue weighted by Gasteiger charge is -2.15. The first-order valence-electron chi connectivity index (χ1n) is 10.1. The first-order chi connectivity index (χ1) is 15.4. The van der Waals surface area contributed by atoms with Gasteiger partial charge in [-0.3, -0.25) is 9.36 Å². The third-order valence-corrected chi connectivity index (χ3v) is 7.13. The molecular weight excluding hydrogens is 491 g/mol. The maximum absolute atomic E-state index is 12.6. The summed E-state index contributed by atoms with van der Waals surface area (Å²) in [6.07, 6.45) is 2.11. The van der Waals surface area contributed by atoms with E-state index in [9.17, 15) is 4.79 Å². The van der Waals surface area contributed by atoms with E-state index in [-0.39, 0.29) is 17.8 Å². The van der Waals surface area contributed by atoms with Crippen molar-refractivity contribution in [2.45, 2.75) is 37.6 Å². The average molecular weight is 512 g/mol. The number of nitrogens with zero attached hydrogens (tertiary/aromatic N) is 3. The van der Waals surface area contributed by atoms with Gasteiger partial charge in [-0.15, -0.1) is 10.2 Å². The van der Waals surface area contributed by atoms with Gasteiger partial charge in [-0.1, -0.05) is 52.6 Å². The zero-order valence-electron chi connectivity index (χ0n) is 17.3. The summed E-state index contributed by atoms with van der Waals surface area (Å²) >= 11 is 19.9. The Hall–Kier alpha value is -1.77. The number of thioether (sulfide) groups is 1. The van der Waals surface area contributed by atoms with Gasteiger partial charge in [0.25, 0.3) is 0 Å². The third kappa shape index (κ3) is 5.41. The van der Waals surface area contributed by atoms with E-state index in [2.05, 4.69) is 15.5 Å². The second kappa shape index (κ2) is 10.4. The Bertz CT molecular complexity index is 1120. The molecule has 2 aromatic carbocycles. The number of amides is 1. The summed E-state index contributed by atoms with van der Waals surface area (Å²) in [6.45, 7) is 3.23. The smallest absolute Gasteiger partial charge is 0.234 e. The van der Waals surface area contributed by atoms with Gasteiger partial charge in [-0.25, -0.2) is 0 Å². The van der Waals surface area contributed by atoms with Crippen LogP contribution in [0.3, 0.4) is 0 Å². The fraction of sp³-hybridized carbons (Fsp3) is 0.318. The largest absolute Gasteiger partial charge is 0.376 e. The fourth-order valence-electron chi connectivity index (χ4n) is 3.44. The van der Waals surface area contributed by atoms with Crippen LogP contribution in [0.1, 0.15) is 18.4 Å². The van der Waals surface area contributed by atoms with Crippen molar-refractivity contribution in [3.05, 3.63) is 57.0 Å². The molecule has 0 unspecified atom stereocenters. The minimum absolute atomic E-state index is 0.0927. The Morgan fingerprint density at radius 2 is 1.97 bits per heavy atom. The maximum Gasteiger partial charge on any atom is 0.234 e. The summed E-state index contributed by atoms with van der Waals surface area (Å²) in [5.74, 6) is 0.610. The van der Waals surface area contributed by atoms with Crippen LogP contribution in [0.2, 0.25) is 15.1 Å². The molecule has 1 atom stereocenters. The van der Waals surface area contributed by atoms with Crippen molar-refractivity contribution in [2.75, 3.05) is 17.7 Å². The molecular formula is C22H21Cl3N4O2S. The van der Waals surface area contributed by atoms with Gasteiger partial charge in [-0.05, 0) is 55.7 Å². The molecule has 1 N–H and O–H groups in total. The highest BCUT2D eigenvalue weighted by Crippen LogP contribution is 2.33. The minimum Gasteiger partial charge on any atom is -0.376 e. The number of aromatic nitrogens is 3. The number of ether oxygens (including phenoxy) is 1. The summed E-state index contributed by atoms with van der Waals surface area (Å²) in [6, 6.07) is 11.0. The molecule has 10 heteroatoms. The number of halogens is 3. The van der Waals surface area contributed by atoms with Gasteiger partial charge in [0.2, 0.25) is 5.91 Å². The van der Waals surface area contributed by atoms with E-state index in [1.165, 1.54) is 11.8 Å². The van der Waals surface area contributed by atoms with Crippen molar-refractivity contribution in [2.24, 2.45) is 0 Å². The average Bonchev–Trinajstić information content (AvgIpc) is 3.44. The lowest BCUT2D eigenvalue weighted by molar-refractivity contribution is -0.113. The molecule has 2 heterocycles. The molecule has 1 aliphatic rings. The molecule has 1 amide bonds. The quantitative estimate of drug-likeness (QED) is 0.387. The molecule has 1 saturated heterocycles. The first kappa shape index (κ1) is 23.4. The zero-order chi connectivity index (χ0) is 22.7. The Morgan fingerprint density at radius 3 is 2.69 bits per heavy atom. The highest BCUT2D eigenvalue weighted by molar-refractivity contribution is 7.99. The predicted octanol–water partition coefficient (Wildman–Crippen LogP) is 6.12. The first-order valence-corrected chi connectivity index (χ1v) is 12.2. The molecule has 0 radical (unpaired) electrons. The molecule has 6 nitrogen and oxygen atoms in total. The standard InChI is InChI=1S/C22H21Cl3N4O2S/c1-13-4-9-17(24)20(19(13)25)26-18(30)12-32-22-28-27-21(14-5-7-15(23)8-6-14)29(22)11-16-3-2-10-31-16/h4-9,16H,2-3,10-12H2,1H3,(H,26,30)/t16-/m1/s1. The Morgan fingerprint density at radius 1 is 1.19 bits per heavy atom. The molecule has 0 saturated carbocycles. The van der Waals surface area contributed by atoms with Gasteiger partial charge in [0.1, 0.15) is 0 Å². The van der Waals surface area contributed by atoms with Gasteiger partial charge in [0.05, 0.1) is 34.1 Å². The van der Waals surface area contributed by atoms with Crippen molar-refractivity contribution >= 4 is 58.2 Å². The number of nitrogens with one attached hydrogen (secondary N) is 1. The molecule has 0 spiro atoms. The van der Waals surface area contributed by atoms with Crippen molar-refractivity contribution in [3.8, 4) is 11.4 Å². The van der Waals surface area contributed by atoms with Crippen molar-refractivity contribution < 1.29 is 9.53 Å². The molecule has 0 aliphatic carbocycles. The molecule has 0 bridgehead atoms. The third-order valence-electron chi connectivity index (χ3n) is 5.11. The van der Waals surface area contributed by atoms with Crippen molar-refractivity contribution in [1.82, 2.24) is 14.8 Å². The Labute approximate surface area is 205 Å². The monoisotopic (exact) mass is 510 g/mol. The summed E-state index contributed by atoms with van der Waals surface area (Å²) < 4.78 is 7.82. The number of carbonyl (C=O) groups excluding carboxylic acids is 1. The SMILES string of the molecule is Cc1ccc(Cl)c(NC(=O)CSc2nnc(-c3ccc(Cl)cc3)n2C[C@H]2CCCO2)c1Cl. The predicted molar refractivity (Wildman–Crippen MR) is 130 cm³/mol. The van der Waals surface area contributed by atoms with E-state index in [1.54, 1.807) is 12.1 Å². The normalized spacial score (nSPS) is 15.8. The van der Waals surface area contributed by atoms with E-state index in [0.29, 0.717) is 38.3 Å². The number of rotatable bonds is 7. The number of hydrogen-bond acceptors (Lipinski definition) is 5. The van der Waals surface area contributed by atoms with E-state index >= 15 is 0 Å². The van der Waals surface area contributed by atoms with Crippen molar-refractivity contribution in [3.63, 3.8) is 0 Å². The lowest BCUT2D eigenvalue weighted by atomic mass is 10.2. The maximum atomic E-state index is 12.6. The number of aryl methyl sites for hydroxylation is 1. The number of carbonyl (C=O) groups is 1. The van der Waals surface area contributed by atoms with Crippen molar-refractivity contribution in [1.29, 1.82) is 0 Å². The number of hydrogen-bond donors (Lipinski definition) is 1. The van der Waals surface area contributed by atoms with Crippen LogP contribution in [-0.2, 0) is 16.1 Å². The van der Waals surface area contributed by atoms with Crippen LogP contribution in [-0.4, -0.2) is 39.1 Å². The van der Waals surface area contributed by atoms with Gasteiger partial charge in [0, 0.05) is 17.2 Å². The highest BCUT2D eigenvalue weighted by Gasteiger charge is 2.22. The van der Waals surface area contributed by atoms with Crippen LogP contribution in [0.25, 0.3) is 11.4 Å². The molecule has 168 valence electrons. The Balaban J connectivity index is 1.52. The molecule has 1 fully saturated rings. The van der Waals surface area contributed by atoms with E-state index in [4.69, 9.17) is 39.5 Å². The fourth-order valence-corrected chi connectivity index (χ4v) is 4.78. The van der Waals surface area contributed by atoms with Crippen LogP contribution in [0.15, 0.2) is 41.6 Å². The van der Waals surface area contributed by atoms with Crippen LogP contribution in [0.4, 0.5) is 5.69 Å². The molecule has 3 aromatic rings. The second-order valence-corrected chi connectivity index (χ2v) is 9.61. The topological polar surface area (TPSA) is 69.0 Å². The number of anilines is 1. The van der Waals surface area contributed by atoms with Gasteiger partial charge in [-0.2, -0.15) is 0 Å². The van der Waals surface area contributed by atoms with Crippen LogP contribution in [0.5, 0.6) is 0 Å². The molecule has 1 aromatic heterocycles. The Kier molecular flexibility index (Phi) is 7.63. The van der Waals surface area contributed by atoms with Gasteiger partial charge in [0.15, 0.2) is 11.0 Å². The molecule has 4 rings (SSSR count). The summed E-state index contributed by atoms with van der Waals surface area (Å²) in [5, 5.41) is 13.6. The van der Waals surface area contributed by atoms with Crippen LogP contribution >= 0.6 is 46.6 Å². The highest BCUT2D eigenvalue weighted by atomic mass is 35.5. The van der Waals surface area contributed by atoms with Gasteiger partial charge < -0.3 is 10.1 Å². The summed E-state index contributed by atoms with van der Waals surface area (Å²) in [4.78, 5) is 12.6. The minimum atomic E-state index is -0.232.